The highest BCUT2D eigenvalue weighted by Crippen LogP contribution is 2.38. The van der Waals surface area contributed by atoms with Gasteiger partial charge in [-0.1, -0.05) is 6.07 Å². The van der Waals surface area contributed by atoms with Gasteiger partial charge >= 0.3 is 0 Å². The molecule has 1 heterocycles. The summed E-state index contributed by atoms with van der Waals surface area (Å²) in [7, 11) is 0. The number of hydrogen-bond acceptors (Lipinski definition) is 3. The van der Waals surface area contributed by atoms with E-state index in [0.29, 0.717) is 5.56 Å². The number of aryl methyl sites for hydroxylation is 1. The molecule has 1 aliphatic carbocycles. The summed E-state index contributed by atoms with van der Waals surface area (Å²) >= 11 is 0. The lowest BCUT2D eigenvalue weighted by Gasteiger charge is -2.24. The summed E-state index contributed by atoms with van der Waals surface area (Å²) in [6.07, 6.45) is 2.11. The second kappa shape index (κ2) is 3.30. The quantitative estimate of drug-likeness (QED) is 0.624. The number of nitrogens with two attached hydrogens (primary N) is 1. The van der Waals surface area contributed by atoms with Crippen molar-refractivity contribution < 1.29 is 4.79 Å². The van der Waals surface area contributed by atoms with E-state index >= 15 is 0 Å². The molecule has 1 atom stereocenters. The van der Waals surface area contributed by atoms with Crippen molar-refractivity contribution in [2.45, 2.75) is 18.4 Å². The van der Waals surface area contributed by atoms with Crippen LogP contribution in [0.2, 0.25) is 0 Å². The van der Waals surface area contributed by atoms with Gasteiger partial charge in [0.2, 0.25) is 5.91 Å². The van der Waals surface area contributed by atoms with Crippen LogP contribution in [0, 0.1) is 0 Å². The largest absolute Gasteiger partial charge is 0.366 e. The molecule has 1 aliphatic heterocycles. The van der Waals surface area contributed by atoms with Crippen molar-refractivity contribution in [1.82, 2.24) is 10.6 Å². The second-order valence-electron chi connectivity index (χ2n) is 4.60. The van der Waals surface area contributed by atoms with Gasteiger partial charge in [-0.3, -0.25) is 10.1 Å². The predicted octanol–water partition coefficient (Wildman–Crippen LogP) is 0.0773. The Labute approximate surface area is 94.2 Å². The molecule has 1 fully saturated rings. The molecule has 1 aromatic rings. The van der Waals surface area contributed by atoms with Crippen LogP contribution >= 0.6 is 0 Å². The van der Waals surface area contributed by atoms with E-state index in [-0.39, 0.29) is 11.4 Å². The zero-order chi connectivity index (χ0) is 11.2. The van der Waals surface area contributed by atoms with E-state index in [1.165, 1.54) is 11.1 Å². The molecule has 0 aromatic heterocycles. The van der Waals surface area contributed by atoms with Gasteiger partial charge in [0.05, 0.1) is 5.54 Å². The van der Waals surface area contributed by atoms with E-state index < -0.39 is 0 Å². The van der Waals surface area contributed by atoms with Gasteiger partial charge in [-0.05, 0) is 36.1 Å². The summed E-state index contributed by atoms with van der Waals surface area (Å²) in [4.78, 5) is 11.1. The van der Waals surface area contributed by atoms with Crippen molar-refractivity contribution in [2.24, 2.45) is 5.73 Å². The van der Waals surface area contributed by atoms with Crippen LogP contribution in [0.4, 0.5) is 0 Å². The van der Waals surface area contributed by atoms with Gasteiger partial charge < -0.3 is 11.1 Å². The first-order chi connectivity index (χ1) is 7.71. The van der Waals surface area contributed by atoms with E-state index in [0.717, 1.165) is 26.1 Å². The molecular formula is C12H15N3O. The first-order valence-corrected chi connectivity index (χ1v) is 5.60. The Kier molecular flexibility index (Phi) is 2.02. The first-order valence-electron chi connectivity index (χ1n) is 5.60. The van der Waals surface area contributed by atoms with Gasteiger partial charge in [0.1, 0.15) is 0 Å². The third-order valence-electron chi connectivity index (χ3n) is 3.70. The van der Waals surface area contributed by atoms with Crippen molar-refractivity contribution in [3.8, 4) is 0 Å². The van der Waals surface area contributed by atoms with Gasteiger partial charge in [0.15, 0.2) is 0 Å². The smallest absolute Gasteiger partial charge is 0.248 e. The highest BCUT2D eigenvalue weighted by molar-refractivity contribution is 5.93. The Morgan fingerprint density at radius 1 is 1.44 bits per heavy atom. The Morgan fingerprint density at radius 2 is 2.31 bits per heavy atom. The maximum absolute atomic E-state index is 11.1. The van der Waals surface area contributed by atoms with Crippen molar-refractivity contribution >= 4 is 5.91 Å². The average Bonchev–Trinajstić information content (AvgIpc) is 2.88. The summed E-state index contributed by atoms with van der Waals surface area (Å²) < 4.78 is 0. The van der Waals surface area contributed by atoms with Gasteiger partial charge in [-0.25, -0.2) is 0 Å². The van der Waals surface area contributed by atoms with Crippen LogP contribution in [0.15, 0.2) is 18.2 Å². The Hall–Kier alpha value is -1.39. The van der Waals surface area contributed by atoms with E-state index in [1.807, 2.05) is 18.2 Å². The van der Waals surface area contributed by atoms with Crippen LogP contribution in [-0.4, -0.2) is 19.1 Å². The minimum Gasteiger partial charge on any atom is -0.366 e. The van der Waals surface area contributed by atoms with Gasteiger partial charge in [-0.15, -0.1) is 0 Å². The number of nitrogens with one attached hydrogen (secondary N) is 2. The number of carbonyl (C=O) groups is 1. The van der Waals surface area contributed by atoms with E-state index in [2.05, 4.69) is 10.6 Å². The molecule has 1 unspecified atom stereocenters. The molecule has 84 valence electrons. The predicted molar refractivity (Wildman–Crippen MR) is 61.0 cm³/mol. The van der Waals surface area contributed by atoms with Gasteiger partial charge in [-0.2, -0.15) is 0 Å². The molecule has 0 bridgehead atoms. The lowest BCUT2D eigenvalue weighted by atomic mass is 9.92. The molecule has 1 amide bonds. The number of primary amides is 1. The number of amides is 1. The highest BCUT2D eigenvalue weighted by Gasteiger charge is 2.40. The number of fused-ring (bicyclic) bond motifs is 2. The third-order valence-corrected chi connectivity index (χ3v) is 3.70. The Morgan fingerprint density at radius 3 is 3.00 bits per heavy atom. The fourth-order valence-electron chi connectivity index (χ4n) is 2.84. The maximum Gasteiger partial charge on any atom is 0.248 e. The highest BCUT2D eigenvalue weighted by atomic mass is 16.1. The Bertz CT molecular complexity index is 450. The summed E-state index contributed by atoms with van der Waals surface area (Å²) in [5, 5.41) is 6.84. The second-order valence-corrected chi connectivity index (χ2v) is 4.60. The fraction of sp³-hybridized carbons (Fsp3) is 0.417. The fourth-order valence-corrected chi connectivity index (χ4v) is 2.84. The van der Waals surface area contributed by atoms with Crippen LogP contribution in [-0.2, 0) is 12.0 Å². The zero-order valence-electron chi connectivity index (χ0n) is 9.05. The minimum atomic E-state index is -0.346. The summed E-state index contributed by atoms with van der Waals surface area (Å²) in [6, 6.07) is 5.81. The molecule has 16 heavy (non-hydrogen) atoms. The van der Waals surface area contributed by atoms with Crippen LogP contribution < -0.4 is 16.4 Å². The minimum absolute atomic E-state index is 0.0888. The summed E-state index contributed by atoms with van der Waals surface area (Å²) in [5.74, 6) is -0.346. The van der Waals surface area contributed by atoms with Crippen molar-refractivity contribution in [1.29, 1.82) is 0 Å². The van der Waals surface area contributed by atoms with E-state index in [9.17, 15) is 4.79 Å². The monoisotopic (exact) mass is 217 g/mol. The maximum atomic E-state index is 11.1. The lowest BCUT2D eigenvalue weighted by Crippen LogP contribution is -2.36. The SMILES string of the molecule is NC(=O)c1ccc2c(c1)CCC21CNCN1. The lowest BCUT2D eigenvalue weighted by molar-refractivity contribution is 0.1000. The molecule has 0 radical (unpaired) electrons. The number of carbonyl (C=O) groups excluding carboxylic acids is 1. The normalized spacial score (nSPS) is 27.2. The van der Waals surface area contributed by atoms with Crippen LogP contribution in [0.3, 0.4) is 0 Å². The molecule has 4 N–H and O–H groups in total. The average molecular weight is 217 g/mol. The number of hydrogen-bond donors (Lipinski definition) is 3. The molecule has 2 aliphatic rings. The van der Waals surface area contributed by atoms with Crippen molar-refractivity contribution in [3.63, 3.8) is 0 Å². The molecular weight excluding hydrogens is 202 g/mol. The molecule has 4 heteroatoms. The Balaban J connectivity index is 2.05. The standard InChI is InChI=1S/C12H15N3O/c13-11(16)9-1-2-10-8(5-9)3-4-12(10)6-14-7-15-12/h1-2,5,14-15H,3-4,6-7H2,(H2,13,16). The van der Waals surface area contributed by atoms with Crippen molar-refractivity contribution in [2.75, 3.05) is 13.2 Å². The first kappa shape index (κ1) is 9.81. The topological polar surface area (TPSA) is 67.2 Å². The van der Waals surface area contributed by atoms with E-state index in [4.69, 9.17) is 5.73 Å². The number of benzene rings is 1. The zero-order valence-corrected chi connectivity index (χ0v) is 9.05. The number of rotatable bonds is 1. The van der Waals surface area contributed by atoms with Crippen molar-refractivity contribution in [3.05, 3.63) is 34.9 Å². The van der Waals surface area contributed by atoms with E-state index in [1.54, 1.807) is 0 Å². The summed E-state index contributed by atoms with van der Waals surface area (Å²) in [6.45, 7) is 1.83. The third kappa shape index (κ3) is 1.27. The molecule has 1 saturated heterocycles. The molecule has 0 saturated carbocycles. The van der Waals surface area contributed by atoms with Crippen LogP contribution in [0.1, 0.15) is 27.9 Å². The summed E-state index contributed by atoms with van der Waals surface area (Å²) in [5.41, 5.74) is 8.57. The molecule has 3 rings (SSSR count). The molecule has 1 aromatic carbocycles. The van der Waals surface area contributed by atoms with Gasteiger partial charge in [0.25, 0.3) is 0 Å². The molecule has 4 nitrogen and oxygen atoms in total. The molecule has 1 spiro atoms. The van der Waals surface area contributed by atoms with Crippen LogP contribution in [0.5, 0.6) is 0 Å². The van der Waals surface area contributed by atoms with Crippen LogP contribution in [0.25, 0.3) is 0 Å². The van der Waals surface area contributed by atoms with Gasteiger partial charge in [0, 0.05) is 18.8 Å².